The molecular formula is C21H27NO3. The monoisotopic (exact) mass is 341 g/mol. The molecule has 2 aliphatic carbocycles. The van der Waals surface area contributed by atoms with Gasteiger partial charge >= 0.3 is 5.97 Å². The molecule has 0 spiro atoms. The molecule has 4 heteroatoms. The van der Waals surface area contributed by atoms with E-state index >= 15 is 0 Å². The van der Waals surface area contributed by atoms with Gasteiger partial charge < -0.3 is 10.1 Å². The lowest BCUT2D eigenvalue weighted by molar-refractivity contribution is -0.144. The van der Waals surface area contributed by atoms with Gasteiger partial charge in [0.1, 0.15) is 0 Å². The fourth-order valence-electron chi connectivity index (χ4n) is 4.34. The van der Waals surface area contributed by atoms with Crippen molar-refractivity contribution in [3.8, 4) is 0 Å². The second-order valence-corrected chi connectivity index (χ2v) is 7.55. The first-order valence-electron chi connectivity index (χ1n) is 9.22. The number of hydrogen-bond donors (Lipinski definition) is 1. The summed E-state index contributed by atoms with van der Waals surface area (Å²) in [5, 5.41) is 3.00. The number of aryl methyl sites for hydroxylation is 1. The molecule has 0 heterocycles. The number of carbonyl (C=O) groups is 2. The molecule has 0 aromatic heterocycles. The van der Waals surface area contributed by atoms with E-state index in [-0.39, 0.29) is 18.6 Å². The lowest BCUT2D eigenvalue weighted by Gasteiger charge is -2.28. The number of hydrogen-bond acceptors (Lipinski definition) is 3. The molecule has 2 saturated carbocycles. The second kappa shape index (κ2) is 7.85. The zero-order chi connectivity index (χ0) is 17.8. The van der Waals surface area contributed by atoms with Crippen LogP contribution in [0.2, 0.25) is 0 Å². The van der Waals surface area contributed by atoms with E-state index in [4.69, 9.17) is 4.74 Å². The summed E-state index contributed by atoms with van der Waals surface area (Å²) in [7, 11) is 0. The van der Waals surface area contributed by atoms with Crippen LogP contribution >= 0.6 is 0 Å². The minimum atomic E-state index is -0.497. The molecule has 1 amide bonds. The molecule has 2 aliphatic rings. The zero-order valence-electron chi connectivity index (χ0n) is 15.0. The third-order valence-electron chi connectivity index (χ3n) is 5.66. The molecule has 2 fully saturated rings. The highest BCUT2D eigenvalue weighted by Gasteiger charge is 2.42. The Morgan fingerprint density at radius 2 is 2.00 bits per heavy atom. The maximum absolute atomic E-state index is 12.0. The predicted molar refractivity (Wildman–Crippen MR) is 97.7 cm³/mol. The van der Waals surface area contributed by atoms with Gasteiger partial charge in [-0.15, -0.1) is 0 Å². The van der Waals surface area contributed by atoms with E-state index in [2.05, 4.69) is 12.2 Å². The molecule has 0 radical (unpaired) electrons. The third kappa shape index (κ3) is 4.71. The summed E-state index contributed by atoms with van der Waals surface area (Å²) in [6, 6.07) is 7.99. The molecule has 1 aromatic carbocycles. The van der Waals surface area contributed by atoms with E-state index in [0.717, 1.165) is 17.4 Å². The van der Waals surface area contributed by atoms with Gasteiger partial charge in [-0.1, -0.05) is 36.2 Å². The minimum absolute atomic E-state index is 0.157. The van der Waals surface area contributed by atoms with Crippen molar-refractivity contribution in [1.29, 1.82) is 0 Å². The molecule has 3 rings (SSSR count). The first-order valence-corrected chi connectivity index (χ1v) is 9.22. The largest absolute Gasteiger partial charge is 0.452 e. The third-order valence-corrected chi connectivity index (χ3v) is 5.66. The van der Waals surface area contributed by atoms with Crippen molar-refractivity contribution >= 4 is 18.0 Å². The van der Waals surface area contributed by atoms with Crippen LogP contribution in [0.4, 0.5) is 0 Å². The molecule has 2 bridgehead atoms. The summed E-state index contributed by atoms with van der Waals surface area (Å²) in [6.45, 7) is 3.86. The van der Waals surface area contributed by atoms with Crippen molar-refractivity contribution in [2.75, 3.05) is 6.61 Å². The Labute approximate surface area is 149 Å². The van der Waals surface area contributed by atoms with E-state index in [1.807, 2.05) is 31.2 Å². The normalized spacial score (nSPS) is 25.9. The summed E-state index contributed by atoms with van der Waals surface area (Å²) in [5.41, 5.74) is 2.10. The topological polar surface area (TPSA) is 55.4 Å². The smallest absolute Gasteiger partial charge is 0.331 e. The summed E-state index contributed by atoms with van der Waals surface area (Å²) < 4.78 is 5.04. The Morgan fingerprint density at radius 1 is 1.24 bits per heavy atom. The molecule has 0 saturated heterocycles. The van der Waals surface area contributed by atoms with Crippen molar-refractivity contribution in [2.24, 2.45) is 17.8 Å². The van der Waals surface area contributed by atoms with E-state index in [0.29, 0.717) is 5.92 Å². The van der Waals surface area contributed by atoms with Gasteiger partial charge in [-0.3, -0.25) is 4.79 Å². The van der Waals surface area contributed by atoms with Gasteiger partial charge in [0, 0.05) is 12.1 Å². The van der Waals surface area contributed by atoms with Crippen molar-refractivity contribution in [1.82, 2.24) is 5.32 Å². The van der Waals surface area contributed by atoms with E-state index in [9.17, 15) is 9.59 Å². The maximum atomic E-state index is 12.0. The predicted octanol–water partition coefficient (Wildman–Crippen LogP) is 3.49. The Bertz CT molecular complexity index is 650. The zero-order valence-corrected chi connectivity index (χ0v) is 15.0. The highest BCUT2D eigenvalue weighted by Crippen LogP contribution is 2.49. The van der Waals surface area contributed by atoms with Gasteiger partial charge in [0.25, 0.3) is 5.91 Å². The maximum Gasteiger partial charge on any atom is 0.331 e. The van der Waals surface area contributed by atoms with Crippen molar-refractivity contribution in [3.63, 3.8) is 0 Å². The van der Waals surface area contributed by atoms with Crippen LogP contribution in [0.15, 0.2) is 30.3 Å². The quantitative estimate of drug-likeness (QED) is 0.636. The van der Waals surface area contributed by atoms with Crippen LogP contribution in [0.5, 0.6) is 0 Å². The summed E-state index contributed by atoms with van der Waals surface area (Å²) in [4.78, 5) is 23.8. The Morgan fingerprint density at radius 3 is 2.64 bits per heavy atom. The SMILES string of the molecule is Cc1ccc(/C=C/C(=O)OCC(=O)NC(C)C2CC3CCC2C3)cc1. The van der Waals surface area contributed by atoms with Crippen LogP contribution in [0, 0.1) is 24.7 Å². The van der Waals surface area contributed by atoms with E-state index in [1.165, 1.54) is 37.3 Å². The van der Waals surface area contributed by atoms with Crippen LogP contribution in [-0.4, -0.2) is 24.5 Å². The van der Waals surface area contributed by atoms with Crippen molar-refractivity contribution in [3.05, 3.63) is 41.5 Å². The fourth-order valence-corrected chi connectivity index (χ4v) is 4.34. The van der Waals surface area contributed by atoms with Gasteiger partial charge in [0.2, 0.25) is 0 Å². The molecule has 4 atom stereocenters. The Kier molecular flexibility index (Phi) is 5.57. The molecule has 25 heavy (non-hydrogen) atoms. The lowest BCUT2D eigenvalue weighted by Crippen LogP contribution is -2.41. The minimum Gasteiger partial charge on any atom is -0.452 e. The number of nitrogens with one attached hydrogen (secondary N) is 1. The molecule has 4 nitrogen and oxygen atoms in total. The standard InChI is InChI=1S/C21H27NO3/c1-14-3-5-16(6-4-14)8-10-21(24)25-13-20(23)22-15(2)19-12-17-7-9-18(19)11-17/h3-6,8,10,15,17-19H,7,9,11-13H2,1-2H3,(H,22,23)/b10-8+. The van der Waals surface area contributed by atoms with Gasteiger partial charge in [0.15, 0.2) is 6.61 Å². The molecule has 134 valence electrons. The lowest BCUT2D eigenvalue weighted by atomic mass is 9.84. The summed E-state index contributed by atoms with van der Waals surface area (Å²) in [5.74, 6) is 1.50. The van der Waals surface area contributed by atoms with E-state index in [1.54, 1.807) is 6.08 Å². The number of rotatable bonds is 6. The molecule has 0 aliphatic heterocycles. The highest BCUT2D eigenvalue weighted by molar-refractivity contribution is 5.89. The number of ether oxygens (including phenoxy) is 1. The average molecular weight is 341 g/mol. The van der Waals surface area contributed by atoms with Crippen molar-refractivity contribution < 1.29 is 14.3 Å². The van der Waals surface area contributed by atoms with Crippen LogP contribution in [0.3, 0.4) is 0 Å². The van der Waals surface area contributed by atoms with Crippen LogP contribution in [0.25, 0.3) is 6.08 Å². The molecule has 1 N–H and O–H groups in total. The van der Waals surface area contributed by atoms with Crippen LogP contribution in [-0.2, 0) is 14.3 Å². The van der Waals surface area contributed by atoms with Crippen LogP contribution in [0.1, 0.15) is 43.7 Å². The highest BCUT2D eigenvalue weighted by atomic mass is 16.5. The van der Waals surface area contributed by atoms with Crippen molar-refractivity contribution in [2.45, 2.75) is 45.6 Å². The molecule has 4 unspecified atom stereocenters. The second-order valence-electron chi connectivity index (χ2n) is 7.55. The average Bonchev–Trinajstić information content (AvgIpc) is 3.23. The molecule has 1 aromatic rings. The summed E-state index contributed by atoms with van der Waals surface area (Å²) in [6.07, 6.45) is 8.25. The molecular weight excluding hydrogens is 314 g/mol. The first-order chi connectivity index (χ1) is 12.0. The fraction of sp³-hybridized carbons (Fsp3) is 0.524. The van der Waals surface area contributed by atoms with Gasteiger partial charge in [-0.25, -0.2) is 4.79 Å². The number of amides is 1. The van der Waals surface area contributed by atoms with Gasteiger partial charge in [0.05, 0.1) is 0 Å². The number of esters is 1. The first kappa shape index (κ1) is 17.7. The Hall–Kier alpha value is -2.10. The number of fused-ring (bicyclic) bond motifs is 2. The van der Waals surface area contributed by atoms with E-state index < -0.39 is 5.97 Å². The summed E-state index contributed by atoms with van der Waals surface area (Å²) >= 11 is 0. The van der Waals surface area contributed by atoms with Gasteiger partial charge in [-0.2, -0.15) is 0 Å². The van der Waals surface area contributed by atoms with Crippen LogP contribution < -0.4 is 5.32 Å². The van der Waals surface area contributed by atoms with Gasteiger partial charge in [-0.05, 0) is 62.5 Å². The number of carbonyl (C=O) groups excluding carboxylic acids is 2. The number of benzene rings is 1. The Balaban J connectivity index is 1.39.